The number of nitrogens with zero attached hydrogens (tertiary/aromatic N) is 1. The first kappa shape index (κ1) is 13.5. The van der Waals surface area contributed by atoms with Gasteiger partial charge in [0, 0.05) is 24.1 Å². The van der Waals surface area contributed by atoms with E-state index in [9.17, 15) is 13.2 Å². The molecule has 1 N–H and O–H groups in total. The molecule has 0 radical (unpaired) electrons. The van der Waals surface area contributed by atoms with Gasteiger partial charge >= 0.3 is 0 Å². The van der Waals surface area contributed by atoms with Crippen molar-refractivity contribution < 1.29 is 17.8 Å². The van der Waals surface area contributed by atoms with E-state index in [0.717, 1.165) is 18.5 Å². The summed E-state index contributed by atoms with van der Waals surface area (Å²) in [7, 11) is -4.02. The highest BCUT2D eigenvalue weighted by Crippen LogP contribution is 2.41. The fraction of sp³-hybridized carbons (Fsp3) is 0.750. The summed E-state index contributed by atoms with van der Waals surface area (Å²) in [5.74, 6) is 0.135. The Morgan fingerprint density at radius 3 is 2.67 bits per heavy atom. The van der Waals surface area contributed by atoms with Gasteiger partial charge in [-0.05, 0) is 18.8 Å². The maximum Gasteiger partial charge on any atom is 0.266 e. The average molecular weight is 273 g/mol. The first-order valence-electron chi connectivity index (χ1n) is 6.28. The van der Waals surface area contributed by atoms with Gasteiger partial charge in [0.15, 0.2) is 0 Å². The molecule has 1 saturated heterocycles. The van der Waals surface area contributed by atoms with Crippen LogP contribution in [0.2, 0.25) is 0 Å². The van der Waals surface area contributed by atoms with Gasteiger partial charge in [-0.25, -0.2) is 0 Å². The monoisotopic (exact) mass is 273 g/mol. The first-order valence-corrected chi connectivity index (χ1v) is 7.89. The van der Waals surface area contributed by atoms with Crippen molar-refractivity contribution in [2.45, 2.75) is 26.7 Å². The fourth-order valence-electron chi connectivity index (χ4n) is 2.88. The number of allylic oxidation sites excluding steroid dienone is 2. The highest BCUT2D eigenvalue weighted by molar-refractivity contribution is 7.85. The van der Waals surface area contributed by atoms with Crippen LogP contribution in [0, 0.1) is 17.8 Å². The second kappa shape index (κ2) is 4.66. The molecule has 2 rings (SSSR count). The van der Waals surface area contributed by atoms with E-state index in [1.807, 2.05) is 6.92 Å². The van der Waals surface area contributed by atoms with Gasteiger partial charge in [-0.1, -0.05) is 19.9 Å². The van der Waals surface area contributed by atoms with E-state index in [4.69, 9.17) is 4.55 Å². The van der Waals surface area contributed by atoms with Gasteiger partial charge in [0.1, 0.15) is 0 Å². The van der Waals surface area contributed by atoms with E-state index in [1.54, 1.807) is 4.90 Å². The van der Waals surface area contributed by atoms with Crippen molar-refractivity contribution in [1.29, 1.82) is 0 Å². The number of likely N-dealkylation sites (tertiary alicyclic amines) is 1. The minimum absolute atomic E-state index is 0.0241. The molecule has 1 amide bonds. The minimum Gasteiger partial charge on any atom is -0.315 e. The minimum atomic E-state index is -4.02. The predicted octanol–water partition coefficient (Wildman–Crippen LogP) is 1.28. The zero-order valence-corrected chi connectivity index (χ0v) is 11.5. The molecule has 18 heavy (non-hydrogen) atoms. The lowest BCUT2D eigenvalue weighted by Gasteiger charge is -2.26. The maximum atomic E-state index is 12.1. The number of amides is 1. The van der Waals surface area contributed by atoms with Crippen LogP contribution in [-0.2, 0) is 14.9 Å². The number of rotatable bonds is 3. The van der Waals surface area contributed by atoms with Crippen LogP contribution < -0.4 is 0 Å². The fourth-order valence-corrected chi connectivity index (χ4v) is 3.29. The molecule has 1 fully saturated rings. The number of carbonyl (C=O) groups excluding carboxylic acids is 1. The number of carbonyl (C=O) groups is 1. The Morgan fingerprint density at radius 1 is 1.39 bits per heavy atom. The average Bonchev–Trinajstić information content (AvgIpc) is 2.48. The molecule has 2 aliphatic rings. The molecule has 1 aliphatic carbocycles. The van der Waals surface area contributed by atoms with Crippen LogP contribution in [0.15, 0.2) is 11.8 Å². The molecule has 0 spiro atoms. The van der Waals surface area contributed by atoms with Gasteiger partial charge in [0.25, 0.3) is 10.1 Å². The van der Waals surface area contributed by atoms with Crippen LogP contribution >= 0.6 is 0 Å². The van der Waals surface area contributed by atoms with E-state index >= 15 is 0 Å². The van der Waals surface area contributed by atoms with Crippen LogP contribution in [0.25, 0.3) is 0 Å². The molecule has 5 nitrogen and oxygen atoms in total. The van der Waals surface area contributed by atoms with E-state index in [1.165, 1.54) is 0 Å². The van der Waals surface area contributed by atoms with E-state index in [-0.39, 0.29) is 24.3 Å². The SMILES string of the molecule is CC1C=C2C(CC1)C(C)C(=O)N2CCS(=O)(=O)O. The predicted molar refractivity (Wildman–Crippen MR) is 67.3 cm³/mol. The van der Waals surface area contributed by atoms with Gasteiger partial charge in [-0.3, -0.25) is 9.35 Å². The summed E-state index contributed by atoms with van der Waals surface area (Å²) < 4.78 is 30.4. The summed E-state index contributed by atoms with van der Waals surface area (Å²) >= 11 is 0. The highest BCUT2D eigenvalue weighted by Gasteiger charge is 2.42. The Kier molecular flexibility index (Phi) is 3.51. The molecule has 0 saturated carbocycles. The molecule has 0 aromatic carbocycles. The summed E-state index contributed by atoms with van der Waals surface area (Å²) in [5.41, 5.74) is 0.954. The quantitative estimate of drug-likeness (QED) is 0.786. The molecule has 6 heteroatoms. The molecule has 0 aromatic rings. The van der Waals surface area contributed by atoms with Gasteiger partial charge in [0.2, 0.25) is 5.91 Å². The van der Waals surface area contributed by atoms with Crippen molar-refractivity contribution in [2.75, 3.05) is 12.3 Å². The van der Waals surface area contributed by atoms with Gasteiger partial charge in [-0.15, -0.1) is 0 Å². The van der Waals surface area contributed by atoms with Crippen LogP contribution in [0.1, 0.15) is 26.7 Å². The summed E-state index contributed by atoms with van der Waals surface area (Å²) in [6, 6.07) is 0. The normalized spacial score (nSPS) is 32.4. The van der Waals surface area contributed by atoms with Crippen molar-refractivity contribution in [3.63, 3.8) is 0 Å². The van der Waals surface area contributed by atoms with E-state index < -0.39 is 15.9 Å². The standard InChI is InChI=1S/C12H19NO4S/c1-8-3-4-10-9(2)12(14)13(11(10)7-8)5-6-18(15,16)17/h7-10H,3-6H2,1-2H3,(H,15,16,17). The molecule has 1 aliphatic heterocycles. The summed E-state index contributed by atoms with van der Waals surface area (Å²) in [4.78, 5) is 13.6. The Bertz CT molecular complexity index is 482. The Hall–Kier alpha value is -0.880. The molecule has 3 unspecified atom stereocenters. The van der Waals surface area contributed by atoms with Crippen molar-refractivity contribution in [3.05, 3.63) is 11.8 Å². The van der Waals surface area contributed by atoms with Crippen LogP contribution in [0.5, 0.6) is 0 Å². The zero-order chi connectivity index (χ0) is 13.5. The molecular weight excluding hydrogens is 254 g/mol. The molecule has 0 bridgehead atoms. The van der Waals surface area contributed by atoms with Gasteiger partial charge in [-0.2, -0.15) is 8.42 Å². The topological polar surface area (TPSA) is 74.7 Å². The summed E-state index contributed by atoms with van der Waals surface area (Å²) in [6.45, 7) is 4.04. The lowest BCUT2D eigenvalue weighted by atomic mass is 9.82. The van der Waals surface area contributed by atoms with Crippen molar-refractivity contribution in [1.82, 2.24) is 4.90 Å². The second-order valence-corrected chi connectivity index (χ2v) is 6.89. The Morgan fingerprint density at radius 2 is 2.06 bits per heavy atom. The highest BCUT2D eigenvalue weighted by atomic mass is 32.2. The lowest BCUT2D eigenvalue weighted by molar-refractivity contribution is -0.129. The lowest BCUT2D eigenvalue weighted by Crippen LogP contribution is -2.31. The van der Waals surface area contributed by atoms with Crippen molar-refractivity contribution in [3.8, 4) is 0 Å². The van der Waals surface area contributed by atoms with Crippen molar-refractivity contribution in [2.24, 2.45) is 17.8 Å². The molecular formula is C12H19NO4S. The Balaban J connectivity index is 2.20. The smallest absolute Gasteiger partial charge is 0.266 e. The Labute approximate surface area is 108 Å². The molecule has 102 valence electrons. The summed E-state index contributed by atoms with van der Waals surface area (Å²) in [6.07, 6.45) is 4.11. The van der Waals surface area contributed by atoms with Crippen LogP contribution in [0.3, 0.4) is 0 Å². The number of hydrogen-bond acceptors (Lipinski definition) is 3. The zero-order valence-electron chi connectivity index (χ0n) is 10.7. The maximum absolute atomic E-state index is 12.1. The number of hydrogen-bond donors (Lipinski definition) is 1. The van der Waals surface area contributed by atoms with E-state index in [2.05, 4.69) is 13.0 Å². The van der Waals surface area contributed by atoms with Crippen molar-refractivity contribution >= 4 is 16.0 Å². The second-order valence-electron chi connectivity index (χ2n) is 5.32. The molecule has 3 atom stereocenters. The van der Waals surface area contributed by atoms with Gasteiger partial charge < -0.3 is 4.90 Å². The van der Waals surface area contributed by atoms with Crippen LogP contribution in [0.4, 0.5) is 0 Å². The molecule has 0 aromatic heterocycles. The third-order valence-corrected chi connectivity index (χ3v) is 4.61. The largest absolute Gasteiger partial charge is 0.315 e. The third kappa shape index (κ3) is 2.59. The van der Waals surface area contributed by atoms with Gasteiger partial charge in [0.05, 0.1) is 5.75 Å². The van der Waals surface area contributed by atoms with Crippen LogP contribution in [-0.4, -0.2) is 36.1 Å². The first-order chi connectivity index (χ1) is 8.29. The summed E-state index contributed by atoms with van der Waals surface area (Å²) in [5, 5.41) is 0. The third-order valence-electron chi connectivity index (χ3n) is 3.91. The molecule has 1 heterocycles. The number of fused-ring (bicyclic) bond motifs is 1. The van der Waals surface area contributed by atoms with E-state index in [0.29, 0.717) is 5.92 Å².